The van der Waals surface area contributed by atoms with Crippen LogP contribution in [0.4, 0.5) is 11.4 Å². The van der Waals surface area contributed by atoms with E-state index in [1.807, 2.05) is 31.2 Å². The van der Waals surface area contributed by atoms with E-state index in [-0.39, 0.29) is 29.4 Å². The summed E-state index contributed by atoms with van der Waals surface area (Å²) >= 11 is 3.59. The number of anilines is 2. The molecule has 10 nitrogen and oxygen atoms in total. The molecule has 0 fully saturated rings. The number of carbonyl (C=O) groups is 3. The van der Waals surface area contributed by atoms with Crippen molar-refractivity contribution in [3.05, 3.63) is 64.1 Å². The molecule has 12 heteroatoms. The highest BCUT2D eigenvalue weighted by molar-refractivity contribution is 9.10. The van der Waals surface area contributed by atoms with E-state index in [9.17, 15) is 28.1 Å². The van der Waals surface area contributed by atoms with Gasteiger partial charge in [-0.05, 0) is 60.5 Å². The van der Waals surface area contributed by atoms with Crippen molar-refractivity contribution in [2.75, 3.05) is 28.9 Å². The van der Waals surface area contributed by atoms with Gasteiger partial charge in [-0.15, -0.1) is 0 Å². The van der Waals surface area contributed by atoms with E-state index in [1.54, 1.807) is 19.9 Å². The number of hydrogen-bond donors (Lipinski definition) is 1. The summed E-state index contributed by atoms with van der Waals surface area (Å²) in [6, 6.07) is 13.8. The number of amides is 3. The minimum absolute atomic E-state index is 0.0335. The molecule has 0 saturated carbocycles. The fourth-order valence-corrected chi connectivity index (χ4v) is 6.32. The van der Waals surface area contributed by atoms with Gasteiger partial charge < -0.3 is 19.9 Å². The minimum atomic E-state index is -3.74. The lowest BCUT2D eigenvalue weighted by molar-refractivity contribution is -0.130. The lowest BCUT2D eigenvalue weighted by Gasteiger charge is -2.32. The molecule has 3 aromatic carbocycles. The number of halogens is 1. The average Bonchev–Trinajstić information content (AvgIpc) is 3.04. The molecule has 0 aromatic heterocycles. The first kappa shape index (κ1) is 32.0. The Bertz CT molecular complexity index is 1750. The molecule has 1 N–H and O–H groups in total. The molecule has 0 spiro atoms. The minimum Gasteiger partial charge on any atom is -0.496 e. The van der Waals surface area contributed by atoms with Gasteiger partial charge in [-0.3, -0.25) is 14.4 Å². The third kappa shape index (κ3) is 6.53. The van der Waals surface area contributed by atoms with Crippen molar-refractivity contribution < 1.29 is 27.5 Å². The summed E-state index contributed by atoms with van der Waals surface area (Å²) in [6.07, 6.45) is 1.48. The van der Waals surface area contributed by atoms with Crippen LogP contribution in [0.5, 0.6) is 5.75 Å². The Labute approximate surface area is 259 Å². The summed E-state index contributed by atoms with van der Waals surface area (Å²) in [5.74, 6) is -2.37. The second-order valence-corrected chi connectivity index (χ2v) is 13.7. The van der Waals surface area contributed by atoms with Gasteiger partial charge in [0, 0.05) is 22.2 Å². The highest BCUT2D eigenvalue weighted by Crippen LogP contribution is 2.40. The number of carbonyl (C=O) groups excluding carboxylic acids is 3. The van der Waals surface area contributed by atoms with Gasteiger partial charge >= 0.3 is 0 Å². The van der Waals surface area contributed by atoms with Gasteiger partial charge in [-0.2, -0.15) is 5.26 Å². The Morgan fingerprint density at radius 2 is 1.86 bits per heavy atom. The molecule has 0 unspecified atom stereocenters. The van der Waals surface area contributed by atoms with E-state index in [0.29, 0.717) is 17.7 Å². The third-order valence-electron chi connectivity index (χ3n) is 7.70. The zero-order valence-electron chi connectivity index (χ0n) is 24.5. The van der Waals surface area contributed by atoms with Crippen LogP contribution in [-0.2, 0) is 30.8 Å². The molecule has 3 amide bonds. The number of nitrogens with zero attached hydrogens (tertiary/aromatic N) is 3. The molecule has 226 valence electrons. The van der Waals surface area contributed by atoms with Crippen molar-refractivity contribution in [2.24, 2.45) is 5.92 Å². The van der Waals surface area contributed by atoms with Crippen molar-refractivity contribution in [1.29, 1.82) is 5.26 Å². The number of rotatable bonds is 8. The summed E-state index contributed by atoms with van der Waals surface area (Å²) in [4.78, 5) is 44.0. The smallest absolute Gasteiger partial charge is 0.252 e. The highest BCUT2D eigenvalue weighted by atomic mass is 79.9. The van der Waals surface area contributed by atoms with Crippen molar-refractivity contribution in [2.45, 2.75) is 45.8 Å². The molecular formula is C31H33BrN4O6S. The van der Waals surface area contributed by atoms with Crippen LogP contribution in [0.3, 0.4) is 0 Å². The third-order valence-corrected chi connectivity index (χ3v) is 9.16. The van der Waals surface area contributed by atoms with Gasteiger partial charge in [0.2, 0.25) is 11.8 Å². The van der Waals surface area contributed by atoms with Crippen LogP contribution in [0.15, 0.2) is 53.0 Å². The maximum Gasteiger partial charge on any atom is 0.252 e. The number of fused-ring (bicyclic) bond motifs is 2. The van der Waals surface area contributed by atoms with Gasteiger partial charge in [-0.1, -0.05) is 41.9 Å². The van der Waals surface area contributed by atoms with Crippen molar-refractivity contribution in [3.63, 3.8) is 0 Å². The van der Waals surface area contributed by atoms with E-state index in [1.165, 1.54) is 35.1 Å². The largest absolute Gasteiger partial charge is 0.496 e. The summed E-state index contributed by atoms with van der Waals surface area (Å²) in [7, 11) is -2.22. The molecule has 1 aliphatic heterocycles. The molecule has 43 heavy (non-hydrogen) atoms. The highest BCUT2D eigenvalue weighted by Gasteiger charge is 2.43. The van der Waals surface area contributed by atoms with E-state index < -0.39 is 45.4 Å². The van der Waals surface area contributed by atoms with Crippen LogP contribution in [-0.4, -0.2) is 57.3 Å². The lowest BCUT2D eigenvalue weighted by Crippen LogP contribution is -2.59. The van der Waals surface area contributed by atoms with E-state index >= 15 is 0 Å². The van der Waals surface area contributed by atoms with Crippen LogP contribution < -0.4 is 19.9 Å². The van der Waals surface area contributed by atoms with Crippen molar-refractivity contribution >= 4 is 65.6 Å². The van der Waals surface area contributed by atoms with E-state index in [2.05, 4.69) is 27.3 Å². The van der Waals surface area contributed by atoms with E-state index in [4.69, 9.17) is 4.74 Å². The fourth-order valence-electron chi connectivity index (χ4n) is 5.23. The zero-order chi connectivity index (χ0) is 31.6. The zero-order valence-corrected chi connectivity index (χ0v) is 27.0. The van der Waals surface area contributed by atoms with Crippen molar-refractivity contribution in [1.82, 2.24) is 5.32 Å². The molecule has 0 bridgehead atoms. The van der Waals surface area contributed by atoms with E-state index in [0.717, 1.165) is 21.5 Å². The number of nitrogens with one attached hydrogen (secondary N) is 1. The second kappa shape index (κ2) is 12.7. The number of sulfone groups is 1. The quantitative estimate of drug-likeness (QED) is 0.377. The molecule has 0 radical (unpaired) electrons. The normalized spacial score (nSPS) is 17.6. The first-order chi connectivity index (χ1) is 20.3. The Kier molecular flexibility index (Phi) is 9.47. The lowest BCUT2D eigenvalue weighted by atomic mass is 10.0. The summed E-state index contributed by atoms with van der Waals surface area (Å²) in [5, 5.41) is 14.3. The molecule has 3 aromatic rings. The topological polar surface area (TPSA) is 137 Å². The molecule has 1 heterocycles. The number of methoxy groups -OCH3 is 1. The van der Waals surface area contributed by atoms with Crippen LogP contribution in [0.25, 0.3) is 10.8 Å². The molecule has 3 atom stereocenters. The second-order valence-electron chi connectivity index (χ2n) is 10.7. The molecule has 1 aliphatic rings. The summed E-state index contributed by atoms with van der Waals surface area (Å²) < 4.78 is 31.0. The Morgan fingerprint density at radius 3 is 2.49 bits per heavy atom. The Morgan fingerprint density at radius 1 is 1.14 bits per heavy atom. The van der Waals surface area contributed by atoms with Gasteiger partial charge in [0.1, 0.15) is 17.5 Å². The van der Waals surface area contributed by atoms with Crippen LogP contribution in [0.1, 0.15) is 38.3 Å². The number of ether oxygens (including phenoxy) is 1. The van der Waals surface area contributed by atoms with Gasteiger partial charge in [0.05, 0.1) is 42.7 Å². The SMILES string of the molecule is CC[C@@H](C)C(=O)N[C@@H]1C(=O)N(Cc2c(OC)ccc3c(Br)cccc23)c2cc(C#N)ccc2N(C(=O)CS(C)(=O)=O)[C@H]1C. The fraction of sp³-hybridized carbons (Fsp3) is 0.355. The summed E-state index contributed by atoms with van der Waals surface area (Å²) in [6.45, 7) is 5.15. The van der Waals surface area contributed by atoms with Gasteiger partial charge in [-0.25, -0.2) is 8.42 Å². The molecular weight excluding hydrogens is 636 g/mol. The van der Waals surface area contributed by atoms with Crippen LogP contribution in [0.2, 0.25) is 0 Å². The number of nitriles is 1. The number of benzene rings is 3. The van der Waals surface area contributed by atoms with Crippen LogP contribution >= 0.6 is 15.9 Å². The predicted octanol–water partition coefficient (Wildman–Crippen LogP) is 4.33. The monoisotopic (exact) mass is 668 g/mol. The number of hydrogen-bond acceptors (Lipinski definition) is 7. The maximum absolute atomic E-state index is 14.5. The Balaban J connectivity index is 1.99. The summed E-state index contributed by atoms with van der Waals surface area (Å²) in [5.41, 5.74) is 1.37. The molecule has 0 aliphatic carbocycles. The maximum atomic E-state index is 14.5. The first-order valence-corrected chi connectivity index (χ1v) is 16.6. The van der Waals surface area contributed by atoms with Crippen LogP contribution in [0, 0.1) is 17.2 Å². The van der Waals surface area contributed by atoms with Gasteiger partial charge in [0.25, 0.3) is 5.91 Å². The molecule has 0 saturated heterocycles. The van der Waals surface area contributed by atoms with Crippen molar-refractivity contribution in [3.8, 4) is 11.8 Å². The van der Waals surface area contributed by atoms with Gasteiger partial charge in [0.15, 0.2) is 9.84 Å². The molecule has 4 rings (SSSR count). The first-order valence-electron chi connectivity index (χ1n) is 13.7. The average molecular weight is 670 g/mol. The Hall–Kier alpha value is -3.95. The standard InChI is InChI=1S/C31H33BrN4O6S/c1-6-18(2)30(38)34-29-19(3)36(28(37)17-43(5,40)41)25-12-10-20(15-33)14-26(25)35(31(29)39)16-23-21-8-7-9-24(32)22(21)11-13-27(23)42-4/h7-14,18-19,29H,6,16-17H2,1-5H3,(H,34,38)/t18-,19+,29+/m1/s1. The predicted molar refractivity (Wildman–Crippen MR) is 169 cm³/mol.